The summed E-state index contributed by atoms with van der Waals surface area (Å²) in [5, 5.41) is 13.3. The molecule has 0 amide bonds. The number of benzene rings is 2. The van der Waals surface area contributed by atoms with Crippen LogP contribution in [0, 0.1) is 0 Å². The van der Waals surface area contributed by atoms with E-state index in [0.717, 1.165) is 24.1 Å². The first kappa shape index (κ1) is 22.8. The highest BCUT2D eigenvalue weighted by Crippen LogP contribution is 2.28. The molecule has 2 rings (SSSR count). The van der Waals surface area contributed by atoms with E-state index in [-0.39, 0.29) is 6.61 Å². The topological polar surface area (TPSA) is 78.4 Å². The molecule has 0 fully saturated rings. The number of aliphatic hydroxyl groups is 1. The molecule has 0 aliphatic rings. The molecular formula is C22H31NO6. The molecule has 7 nitrogen and oxygen atoms in total. The highest BCUT2D eigenvalue weighted by atomic mass is 16.5. The van der Waals surface area contributed by atoms with Crippen molar-refractivity contribution in [3.05, 3.63) is 47.5 Å². The molecule has 2 aromatic rings. The Balaban J connectivity index is 1.67. The summed E-state index contributed by atoms with van der Waals surface area (Å²) >= 11 is 0. The van der Waals surface area contributed by atoms with Crippen molar-refractivity contribution in [3.8, 4) is 23.0 Å². The minimum atomic E-state index is -0.583. The van der Waals surface area contributed by atoms with Gasteiger partial charge in [0.1, 0.15) is 0 Å². The summed E-state index contributed by atoms with van der Waals surface area (Å²) in [7, 11) is 6.44. The predicted molar refractivity (Wildman–Crippen MR) is 111 cm³/mol. The molecule has 2 N–H and O–H groups in total. The van der Waals surface area contributed by atoms with Crippen LogP contribution < -0.4 is 24.3 Å². The molecule has 0 aromatic heterocycles. The average molecular weight is 405 g/mol. The molecule has 0 saturated carbocycles. The molecule has 0 saturated heterocycles. The third-order valence-corrected chi connectivity index (χ3v) is 4.45. The minimum Gasteiger partial charge on any atom is -0.493 e. The molecule has 0 bridgehead atoms. The number of ether oxygens (including phenoxy) is 5. The Morgan fingerprint density at radius 2 is 1.34 bits per heavy atom. The van der Waals surface area contributed by atoms with Crippen LogP contribution in [0.15, 0.2) is 36.4 Å². The second kappa shape index (κ2) is 12.2. The maximum atomic E-state index is 10.1. The van der Waals surface area contributed by atoms with E-state index in [0.29, 0.717) is 36.1 Å². The highest BCUT2D eigenvalue weighted by molar-refractivity contribution is 5.43. The van der Waals surface area contributed by atoms with Gasteiger partial charge in [-0.2, -0.15) is 0 Å². The Kier molecular flexibility index (Phi) is 9.56. The summed E-state index contributed by atoms with van der Waals surface area (Å²) in [5.74, 6) is 2.76. The third kappa shape index (κ3) is 7.12. The fraction of sp³-hybridized carbons (Fsp3) is 0.455. The molecule has 1 unspecified atom stereocenters. The fourth-order valence-corrected chi connectivity index (χ4v) is 2.88. The van der Waals surface area contributed by atoms with Crippen LogP contribution in [0.4, 0.5) is 0 Å². The van der Waals surface area contributed by atoms with Gasteiger partial charge in [-0.05, 0) is 48.4 Å². The zero-order valence-electron chi connectivity index (χ0n) is 17.6. The summed E-state index contributed by atoms with van der Waals surface area (Å²) < 4.78 is 26.7. The minimum absolute atomic E-state index is 0.248. The van der Waals surface area contributed by atoms with Crippen molar-refractivity contribution in [2.75, 3.05) is 48.1 Å². The van der Waals surface area contributed by atoms with Crippen LogP contribution in [0.1, 0.15) is 11.1 Å². The Morgan fingerprint density at radius 3 is 1.93 bits per heavy atom. The first-order valence-corrected chi connectivity index (χ1v) is 9.49. The second-order valence-electron chi connectivity index (χ2n) is 6.50. The van der Waals surface area contributed by atoms with Crippen molar-refractivity contribution < 1.29 is 28.8 Å². The predicted octanol–water partition coefficient (Wildman–Crippen LogP) is 2.43. The van der Waals surface area contributed by atoms with Gasteiger partial charge in [0.15, 0.2) is 23.0 Å². The van der Waals surface area contributed by atoms with Crippen LogP contribution in [0.2, 0.25) is 0 Å². The number of methoxy groups -OCH3 is 4. The van der Waals surface area contributed by atoms with E-state index in [2.05, 4.69) is 5.32 Å². The first-order valence-electron chi connectivity index (χ1n) is 9.49. The Morgan fingerprint density at radius 1 is 0.793 bits per heavy atom. The van der Waals surface area contributed by atoms with Gasteiger partial charge in [0.2, 0.25) is 0 Å². The van der Waals surface area contributed by atoms with E-state index < -0.39 is 6.10 Å². The Bertz CT molecular complexity index is 752. The lowest BCUT2D eigenvalue weighted by Gasteiger charge is -2.14. The molecule has 7 heteroatoms. The van der Waals surface area contributed by atoms with Gasteiger partial charge >= 0.3 is 0 Å². The lowest BCUT2D eigenvalue weighted by atomic mass is 10.1. The SMILES string of the molecule is COc1ccc(CCNCC(O)COCc2ccc(OC)c(OC)c2)cc1OC. The normalized spacial score (nSPS) is 11.8. The number of aliphatic hydroxyl groups excluding tert-OH is 1. The number of hydrogen-bond donors (Lipinski definition) is 2. The van der Waals surface area contributed by atoms with Gasteiger partial charge in [0, 0.05) is 6.54 Å². The largest absolute Gasteiger partial charge is 0.493 e. The van der Waals surface area contributed by atoms with Crippen molar-refractivity contribution in [3.63, 3.8) is 0 Å². The Labute approximate surface area is 172 Å². The van der Waals surface area contributed by atoms with Crippen LogP contribution in [0.5, 0.6) is 23.0 Å². The van der Waals surface area contributed by atoms with Crippen molar-refractivity contribution in [1.82, 2.24) is 5.32 Å². The van der Waals surface area contributed by atoms with E-state index in [9.17, 15) is 5.11 Å². The molecular weight excluding hydrogens is 374 g/mol. The molecule has 29 heavy (non-hydrogen) atoms. The van der Waals surface area contributed by atoms with E-state index in [1.807, 2.05) is 36.4 Å². The van der Waals surface area contributed by atoms with Crippen LogP contribution in [0.3, 0.4) is 0 Å². The van der Waals surface area contributed by atoms with E-state index in [1.165, 1.54) is 0 Å². The van der Waals surface area contributed by atoms with Crippen molar-refractivity contribution in [2.45, 2.75) is 19.1 Å². The molecule has 1 atom stereocenters. The molecule has 0 aliphatic carbocycles. The van der Waals surface area contributed by atoms with E-state index in [1.54, 1.807) is 28.4 Å². The molecule has 0 heterocycles. The average Bonchev–Trinajstić information content (AvgIpc) is 2.76. The zero-order chi connectivity index (χ0) is 21.1. The molecule has 2 aromatic carbocycles. The van der Waals surface area contributed by atoms with Gasteiger partial charge in [-0.3, -0.25) is 0 Å². The van der Waals surface area contributed by atoms with Gasteiger partial charge in [-0.15, -0.1) is 0 Å². The molecule has 0 radical (unpaired) electrons. The van der Waals surface area contributed by atoms with Crippen LogP contribution in [-0.4, -0.2) is 59.3 Å². The monoisotopic (exact) mass is 405 g/mol. The summed E-state index contributed by atoms with van der Waals surface area (Å²) in [5.41, 5.74) is 2.09. The van der Waals surface area contributed by atoms with Gasteiger partial charge in [0.05, 0.1) is 47.8 Å². The van der Waals surface area contributed by atoms with Gasteiger partial charge in [-0.25, -0.2) is 0 Å². The first-order chi connectivity index (χ1) is 14.1. The highest BCUT2D eigenvalue weighted by Gasteiger charge is 2.08. The smallest absolute Gasteiger partial charge is 0.161 e. The van der Waals surface area contributed by atoms with Gasteiger partial charge in [0.25, 0.3) is 0 Å². The van der Waals surface area contributed by atoms with Crippen molar-refractivity contribution in [1.29, 1.82) is 0 Å². The zero-order valence-corrected chi connectivity index (χ0v) is 17.6. The lowest BCUT2D eigenvalue weighted by molar-refractivity contribution is 0.0289. The van der Waals surface area contributed by atoms with Crippen molar-refractivity contribution >= 4 is 0 Å². The number of rotatable bonds is 13. The van der Waals surface area contributed by atoms with Gasteiger partial charge < -0.3 is 34.1 Å². The standard InChI is InChI=1S/C22H31NO6/c1-25-19-7-5-16(11-21(19)27-3)9-10-23-13-18(24)15-29-14-17-6-8-20(26-2)22(12-17)28-4/h5-8,11-12,18,23-24H,9-10,13-15H2,1-4H3. The lowest BCUT2D eigenvalue weighted by Crippen LogP contribution is -2.31. The summed E-state index contributed by atoms with van der Waals surface area (Å²) in [6.45, 7) is 1.84. The summed E-state index contributed by atoms with van der Waals surface area (Å²) in [6.07, 6.45) is 0.236. The van der Waals surface area contributed by atoms with Crippen LogP contribution in [-0.2, 0) is 17.8 Å². The van der Waals surface area contributed by atoms with E-state index >= 15 is 0 Å². The maximum absolute atomic E-state index is 10.1. The number of nitrogens with one attached hydrogen (secondary N) is 1. The number of hydrogen-bond acceptors (Lipinski definition) is 7. The van der Waals surface area contributed by atoms with Crippen LogP contribution in [0.25, 0.3) is 0 Å². The quantitative estimate of drug-likeness (QED) is 0.496. The fourth-order valence-electron chi connectivity index (χ4n) is 2.88. The van der Waals surface area contributed by atoms with Gasteiger partial charge in [-0.1, -0.05) is 12.1 Å². The molecule has 0 aliphatic heterocycles. The Hall–Kier alpha value is -2.48. The van der Waals surface area contributed by atoms with E-state index in [4.69, 9.17) is 23.7 Å². The van der Waals surface area contributed by atoms with Crippen molar-refractivity contribution in [2.24, 2.45) is 0 Å². The summed E-state index contributed by atoms with van der Waals surface area (Å²) in [6, 6.07) is 11.5. The maximum Gasteiger partial charge on any atom is 0.161 e. The second-order valence-corrected chi connectivity index (χ2v) is 6.50. The summed E-state index contributed by atoms with van der Waals surface area (Å²) in [4.78, 5) is 0. The van der Waals surface area contributed by atoms with Crippen LogP contribution >= 0.6 is 0 Å². The molecule has 160 valence electrons. The third-order valence-electron chi connectivity index (χ3n) is 4.45. The molecule has 0 spiro atoms.